The average molecular weight is 279 g/mol. The van der Waals surface area contributed by atoms with E-state index >= 15 is 0 Å². The van der Waals surface area contributed by atoms with Gasteiger partial charge in [0.15, 0.2) is 0 Å². The Morgan fingerprint density at radius 3 is 2.79 bits per heavy atom. The Morgan fingerprint density at radius 1 is 1.26 bits per heavy atom. The second-order valence-corrected chi connectivity index (χ2v) is 5.05. The summed E-state index contributed by atoms with van der Waals surface area (Å²) in [5.41, 5.74) is 0.850. The lowest BCUT2D eigenvalue weighted by molar-refractivity contribution is 0.275. The number of alkyl halides is 1. The van der Waals surface area contributed by atoms with Gasteiger partial charge >= 0.3 is 0 Å². The Kier molecular flexibility index (Phi) is 5.00. The number of rotatable bonds is 6. The highest BCUT2D eigenvalue weighted by Gasteiger charge is 2.06. The molecule has 2 aromatic rings. The van der Waals surface area contributed by atoms with E-state index in [0.717, 1.165) is 29.4 Å². The van der Waals surface area contributed by atoms with Crippen molar-refractivity contribution in [2.75, 3.05) is 27.2 Å². The third-order valence-electron chi connectivity index (χ3n) is 2.88. The molecule has 0 saturated carbocycles. The molecule has 0 bridgehead atoms. The summed E-state index contributed by atoms with van der Waals surface area (Å²) < 4.78 is 5.82. The predicted octanol–water partition coefficient (Wildman–Crippen LogP) is 3.30. The van der Waals surface area contributed by atoms with Gasteiger partial charge in [0.1, 0.15) is 0 Å². The Bertz CT molecular complexity index is 543. The number of pyridine rings is 1. The lowest BCUT2D eigenvalue weighted by Crippen LogP contribution is -2.15. The fraction of sp³-hybridized carbons (Fsp3) is 0.400. The fourth-order valence-electron chi connectivity index (χ4n) is 1.95. The van der Waals surface area contributed by atoms with E-state index in [9.17, 15) is 0 Å². The van der Waals surface area contributed by atoms with Gasteiger partial charge < -0.3 is 9.64 Å². The molecule has 19 heavy (non-hydrogen) atoms. The number of halogens is 1. The molecule has 0 aliphatic carbocycles. The van der Waals surface area contributed by atoms with Crippen LogP contribution in [0.1, 0.15) is 12.1 Å². The number of hydrogen-bond donors (Lipinski definition) is 0. The van der Waals surface area contributed by atoms with Gasteiger partial charge in [-0.1, -0.05) is 18.2 Å². The summed E-state index contributed by atoms with van der Waals surface area (Å²) >= 11 is 5.88. The Hall–Kier alpha value is -1.32. The van der Waals surface area contributed by atoms with Crippen LogP contribution in [-0.4, -0.2) is 37.1 Å². The van der Waals surface area contributed by atoms with Gasteiger partial charge in [-0.2, -0.15) is 0 Å². The van der Waals surface area contributed by atoms with Gasteiger partial charge in [0.25, 0.3) is 0 Å². The first kappa shape index (κ1) is 14.1. The summed E-state index contributed by atoms with van der Waals surface area (Å²) in [5.74, 6) is 1.09. The molecule has 0 aliphatic heterocycles. The molecule has 4 heteroatoms. The van der Waals surface area contributed by atoms with Gasteiger partial charge in [0, 0.05) is 11.9 Å². The van der Waals surface area contributed by atoms with E-state index in [-0.39, 0.29) is 0 Å². The summed E-state index contributed by atoms with van der Waals surface area (Å²) in [6.07, 6.45) is 0.980. The predicted molar refractivity (Wildman–Crippen MR) is 80.0 cm³/mol. The zero-order chi connectivity index (χ0) is 13.7. The number of ether oxygens (including phenoxy) is 1. The van der Waals surface area contributed by atoms with Crippen molar-refractivity contribution < 1.29 is 4.74 Å². The monoisotopic (exact) mass is 278 g/mol. The largest absolute Gasteiger partial charge is 0.477 e. The first-order chi connectivity index (χ1) is 9.20. The second kappa shape index (κ2) is 6.73. The summed E-state index contributed by atoms with van der Waals surface area (Å²) in [6.45, 7) is 1.67. The topological polar surface area (TPSA) is 25.4 Å². The minimum Gasteiger partial charge on any atom is -0.477 e. The number of nitrogens with zero attached hydrogens (tertiary/aromatic N) is 2. The third-order valence-corrected chi connectivity index (χ3v) is 3.16. The van der Waals surface area contributed by atoms with E-state index in [4.69, 9.17) is 16.3 Å². The Balaban J connectivity index is 2.16. The maximum absolute atomic E-state index is 5.88. The normalized spacial score (nSPS) is 11.2. The molecular weight excluding hydrogens is 260 g/mol. The maximum Gasteiger partial charge on any atom is 0.221 e. The molecule has 0 unspecified atom stereocenters. The van der Waals surface area contributed by atoms with Crippen LogP contribution in [-0.2, 0) is 5.88 Å². The van der Waals surface area contributed by atoms with Gasteiger partial charge in [-0.05, 0) is 38.0 Å². The smallest absolute Gasteiger partial charge is 0.221 e. The first-order valence-corrected chi connectivity index (χ1v) is 6.96. The van der Waals surface area contributed by atoms with E-state index in [1.165, 1.54) is 0 Å². The van der Waals surface area contributed by atoms with E-state index in [1.807, 2.05) is 24.3 Å². The first-order valence-electron chi connectivity index (χ1n) is 6.43. The van der Waals surface area contributed by atoms with Gasteiger partial charge in [-0.15, -0.1) is 11.6 Å². The number of aromatic nitrogens is 1. The maximum atomic E-state index is 5.88. The Morgan fingerprint density at radius 2 is 2.05 bits per heavy atom. The highest BCUT2D eigenvalue weighted by Crippen LogP contribution is 2.25. The summed E-state index contributed by atoms with van der Waals surface area (Å²) in [4.78, 5) is 6.61. The molecule has 0 radical (unpaired) electrons. The van der Waals surface area contributed by atoms with Gasteiger partial charge in [-0.3, -0.25) is 0 Å². The fourth-order valence-corrected chi connectivity index (χ4v) is 2.09. The van der Waals surface area contributed by atoms with E-state index in [1.54, 1.807) is 0 Å². The van der Waals surface area contributed by atoms with Crippen LogP contribution in [0.5, 0.6) is 5.88 Å². The summed E-state index contributed by atoms with van der Waals surface area (Å²) in [6, 6.07) is 10.1. The molecule has 0 amide bonds. The molecule has 1 aromatic heterocycles. The molecule has 0 spiro atoms. The van der Waals surface area contributed by atoms with Crippen LogP contribution in [0.4, 0.5) is 0 Å². The van der Waals surface area contributed by atoms with Crippen molar-refractivity contribution >= 4 is 22.4 Å². The van der Waals surface area contributed by atoms with Crippen LogP contribution in [0.3, 0.4) is 0 Å². The minimum absolute atomic E-state index is 0.402. The minimum atomic E-state index is 0.402. The van der Waals surface area contributed by atoms with Crippen LogP contribution in [0, 0.1) is 0 Å². The zero-order valence-corrected chi connectivity index (χ0v) is 12.2. The van der Waals surface area contributed by atoms with Crippen LogP contribution < -0.4 is 4.74 Å². The third kappa shape index (κ3) is 3.82. The van der Waals surface area contributed by atoms with Crippen LogP contribution in [0.15, 0.2) is 30.3 Å². The van der Waals surface area contributed by atoms with E-state index < -0.39 is 0 Å². The lowest BCUT2D eigenvalue weighted by atomic mass is 10.1. The van der Waals surface area contributed by atoms with Crippen molar-refractivity contribution in [3.63, 3.8) is 0 Å². The summed E-state index contributed by atoms with van der Waals surface area (Å²) in [5, 5.41) is 2.16. The molecular formula is C15H19ClN2O. The SMILES string of the molecule is CN(C)CCCOc1nc(CCl)cc2ccccc12. The molecule has 0 atom stereocenters. The molecule has 0 aliphatic rings. The standard InChI is InChI=1S/C15H19ClN2O/c1-18(2)8-5-9-19-15-14-7-4-3-6-12(14)10-13(11-16)17-15/h3-4,6-7,10H,5,8-9,11H2,1-2H3. The lowest BCUT2D eigenvalue weighted by Gasteiger charge is -2.12. The van der Waals surface area contributed by atoms with Gasteiger partial charge in [-0.25, -0.2) is 4.98 Å². The highest BCUT2D eigenvalue weighted by atomic mass is 35.5. The molecule has 1 aromatic carbocycles. The Labute approximate surface area is 119 Å². The molecule has 0 saturated heterocycles. The van der Waals surface area contributed by atoms with Gasteiger partial charge in [0.05, 0.1) is 18.2 Å². The molecule has 0 N–H and O–H groups in total. The molecule has 1 heterocycles. The van der Waals surface area contributed by atoms with Crippen molar-refractivity contribution in [2.24, 2.45) is 0 Å². The van der Waals surface area contributed by atoms with E-state index in [2.05, 4.69) is 30.0 Å². The van der Waals surface area contributed by atoms with Crippen molar-refractivity contribution in [2.45, 2.75) is 12.3 Å². The van der Waals surface area contributed by atoms with Crippen LogP contribution >= 0.6 is 11.6 Å². The van der Waals surface area contributed by atoms with Crippen LogP contribution in [0.2, 0.25) is 0 Å². The quantitative estimate of drug-likeness (QED) is 0.599. The van der Waals surface area contributed by atoms with Crippen molar-refractivity contribution in [1.29, 1.82) is 0 Å². The number of fused-ring (bicyclic) bond motifs is 1. The van der Waals surface area contributed by atoms with Crippen molar-refractivity contribution in [3.8, 4) is 5.88 Å². The molecule has 0 fully saturated rings. The van der Waals surface area contributed by atoms with E-state index in [0.29, 0.717) is 18.4 Å². The van der Waals surface area contributed by atoms with Crippen molar-refractivity contribution in [1.82, 2.24) is 9.88 Å². The molecule has 102 valence electrons. The number of hydrogen-bond acceptors (Lipinski definition) is 3. The second-order valence-electron chi connectivity index (χ2n) is 4.78. The summed E-state index contributed by atoms with van der Waals surface area (Å²) in [7, 11) is 4.11. The van der Waals surface area contributed by atoms with Gasteiger partial charge in [0.2, 0.25) is 5.88 Å². The molecule has 3 nitrogen and oxygen atoms in total. The number of benzene rings is 1. The van der Waals surface area contributed by atoms with Crippen LogP contribution in [0.25, 0.3) is 10.8 Å². The highest BCUT2D eigenvalue weighted by molar-refractivity contribution is 6.17. The average Bonchev–Trinajstić information content (AvgIpc) is 2.42. The van der Waals surface area contributed by atoms with Crippen molar-refractivity contribution in [3.05, 3.63) is 36.0 Å². The molecule has 2 rings (SSSR count). The zero-order valence-electron chi connectivity index (χ0n) is 11.4.